The molecule has 0 aliphatic carbocycles. The zero-order valence-corrected chi connectivity index (χ0v) is 14.7. The first-order valence-electron chi connectivity index (χ1n) is 8.39. The Bertz CT molecular complexity index is 980. The lowest BCUT2D eigenvalue weighted by atomic mass is 9.93. The number of amides is 2. The summed E-state index contributed by atoms with van der Waals surface area (Å²) in [6, 6.07) is 13.8. The predicted octanol–water partition coefficient (Wildman–Crippen LogP) is 2.07. The van der Waals surface area contributed by atoms with Crippen LogP contribution in [0.4, 0.5) is 5.69 Å². The van der Waals surface area contributed by atoms with E-state index in [1.165, 1.54) is 19.2 Å². The maximum Gasteiger partial charge on any atom is 0.339 e. The standard InChI is InChI=1S/C20H16N2O5/c1-11-7-9-12(10-8-11)16-15-17(27-21-16)19(24)22(18(15)23)14-6-4-3-5-13(14)20(25)26-2/h3-10,15,17H,1-2H3. The molecule has 2 aromatic rings. The van der Waals surface area contributed by atoms with Crippen LogP contribution in [-0.4, -0.2) is 36.7 Å². The Hall–Kier alpha value is -3.48. The number of fused-ring (bicyclic) bond motifs is 1. The smallest absolute Gasteiger partial charge is 0.339 e. The van der Waals surface area contributed by atoms with Crippen molar-refractivity contribution in [2.75, 3.05) is 12.0 Å². The van der Waals surface area contributed by atoms with E-state index < -0.39 is 29.8 Å². The third-order valence-corrected chi connectivity index (χ3v) is 4.71. The van der Waals surface area contributed by atoms with Gasteiger partial charge in [-0.2, -0.15) is 0 Å². The summed E-state index contributed by atoms with van der Waals surface area (Å²) in [6.45, 7) is 1.95. The number of aryl methyl sites for hydroxylation is 1. The molecule has 2 heterocycles. The molecule has 0 aromatic heterocycles. The van der Waals surface area contributed by atoms with Crippen molar-refractivity contribution in [3.63, 3.8) is 0 Å². The summed E-state index contributed by atoms with van der Waals surface area (Å²) in [7, 11) is 1.24. The molecule has 0 spiro atoms. The van der Waals surface area contributed by atoms with Gasteiger partial charge < -0.3 is 9.57 Å². The number of imide groups is 1. The molecule has 2 aromatic carbocycles. The number of hydrogen-bond donors (Lipinski definition) is 0. The summed E-state index contributed by atoms with van der Waals surface area (Å²) in [5, 5.41) is 3.98. The molecule has 27 heavy (non-hydrogen) atoms. The molecular formula is C20H16N2O5. The molecule has 0 N–H and O–H groups in total. The Morgan fingerprint density at radius 3 is 2.48 bits per heavy atom. The Labute approximate surface area is 155 Å². The number of nitrogens with zero attached hydrogens (tertiary/aromatic N) is 2. The minimum atomic E-state index is -1.03. The first-order chi connectivity index (χ1) is 13.0. The van der Waals surface area contributed by atoms with Gasteiger partial charge in [-0.3, -0.25) is 9.59 Å². The van der Waals surface area contributed by atoms with Crippen molar-refractivity contribution in [3.8, 4) is 0 Å². The minimum Gasteiger partial charge on any atom is -0.465 e. The zero-order chi connectivity index (χ0) is 19.1. The van der Waals surface area contributed by atoms with E-state index in [1.807, 2.05) is 31.2 Å². The monoisotopic (exact) mass is 364 g/mol. The van der Waals surface area contributed by atoms with Crippen molar-refractivity contribution in [1.29, 1.82) is 0 Å². The molecule has 2 amide bonds. The summed E-state index contributed by atoms with van der Waals surface area (Å²) in [5.41, 5.74) is 2.52. The number of oxime groups is 1. The van der Waals surface area contributed by atoms with Gasteiger partial charge in [-0.05, 0) is 19.1 Å². The molecule has 136 valence electrons. The number of hydrogen-bond acceptors (Lipinski definition) is 6. The first kappa shape index (κ1) is 17.0. The van der Waals surface area contributed by atoms with E-state index in [9.17, 15) is 14.4 Å². The van der Waals surface area contributed by atoms with E-state index in [0.717, 1.165) is 16.0 Å². The molecule has 2 aliphatic rings. The van der Waals surface area contributed by atoms with Crippen molar-refractivity contribution < 1.29 is 24.0 Å². The van der Waals surface area contributed by atoms with Crippen molar-refractivity contribution in [2.24, 2.45) is 11.1 Å². The maximum absolute atomic E-state index is 13.1. The number of ether oxygens (including phenoxy) is 1. The van der Waals surface area contributed by atoms with E-state index >= 15 is 0 Å². The van der Waals surface area contributed by atoms with Gasteiger partial charge in [0.05, 0.1) is 18.4 Å². The summed E-state index contributed by atoms with van der Waals surface area (Å²) >= 11 is 0. The van der Waals surface area contributed by atoms with Gasteiger partial charge in [-0.1, -0.05) is 47.1 Å². The predicted molar refractivity (Wildman–Crippen MR) is 96.4 cm³/mol. The number of esters is 1. The van der Waals surface area contributed by atoms with E-state index in [4.69, 9.17) is 9.57 Å². The highest BCUT2D eigenvalue weighted by Crippen LogP contribution is 2.36. The minimum absolute atomic E-state index is 0.135. The van der Waals surface area contributed by atoms with Crippen molar-refractivity contribution in [1.82, 2.24) is 0 Å². The summed E-state index contributed by atoms with van der Waals surface area (Å²) in [5.74, 6) is -2.49. The zero-order valence-electron chi connectivity index (χ0n) is 14.7. The van der Waals surface area contributed by atoms with Gasteiger partial charge in [-0.15, -0.1) is 0 Å². The highest BCUT2D eigenvalue weighted by Gasteiger charge is 2.56. The van der Waals surface area contributed by atoms with Gasteiger partial charge in [0, 0.05) is 5.56 Å². The molecule has 0 radical (unpaired) electrons. The normalized spacial score (nSPS) is 21.0. The Balaban J connectivity index is 1.73. The van der Waals surface area contributed by atoms with Crippen LogP contribution in [0.15, 0.2) is 53.7 Å². The first-order valence-corrected chi connectivity index (χ1v) is 8.39. The Morgan fingerprint density at radius 1 is 1.07 bits per heavy atom. The van der Waals surface area contributed by atoms with Crippen LogP contribution in [0.1, 0.15) is 21.5 Å². The largest absolute Gasteiger partial charge is 0.465 e. The third kappa shape index (κ3) is 2.59. The number of rotatable bonds is 3. The average Bonchev–Trinajstić information content (AvgIpc) is 3.22. The quantitative estimate of drug-likeness (QED) is 0.615. The van der Waals surface area contributed by atoms with Gasteiger partial charge >= 0.3 is 5.97 Å². The maximum atomic E-state index is 13.1. The van der Waals surface area contributed by atoms with Crippen LogP contribution in [-0.2, 0) is 19.2 Å². The van der Waals surface area contributed by atoms with Crippen LogP contribution < -0.4 is 4.90 Å². The summed E-state index contributed by atoms with van der Waals surface area (Å²) < 4.78 is 4.76. The molecule has 2 unspecified atom stereocenters. The van der Waals surface area contributed by atoms with E-state index in [2.05, 4.69) is 5.16 Å². The molecule has 7 nitrogen and oxygen atoms in total. The second kappa shape index (κ2) is 6.35. The van der Waals surface area contributed by atoms with Gasteiger partial charge in [-0.25, -0.2) is 9.69 Å². The number of anilines is 1. The van der Waals surface area contributed by atoms with E-state index in [1.54, 1.807) is 12.1 Å². The molecule has 2 aliphatic heterocycles. The van der Waals surface area contributed by atoms with Crippen LogP contribution in [0, 0.1) is 12.8 Å². The fourth-order valence-corrected chi connectivity index (χ4v) is 3.33. The molecule has 0 saturated carbocycles. The highest BCUT2D eigenvalue weighted by atomic mass is 16.6. The van der Waals surface area contributed by atoms with Crippen LogP contribution in [0.3, 0.4) is 0 Å². The van der Waals surface area contributed by atoms with Crippen molar-refractivity contribution in [3.05, 3.63) is 65.2 Å². The van der Waals surface area contributed by atoms with Crippen molar-refractivity contribution >= 4 is 29.2 Å². The van der Waals surface area contributed by atoms with Crippen LogP contribution in [0.25, 0.3) is 0 Å². The van der Waals surface area contributed by atoms with Crippen LogP contribution in [0.5, 0.6) is 0 Å². The van der Waals surface area contributed by atoms with Crippen LogP contribution in [0.2, 0.25) is 0 Å². The lowest BCUT2D eigenvalue weighted by molar-refractivity contribution is -0.126. The van der Waals surface area contributed by atoms with E-state index in [-0.39, 0.29) is 11.3 Å². The molecule has 1 saturated heterocycles. The SMILES string of the molecule is COC(=O)c1ccccc1N1C(=O)C2ON=C(c3ccc(C)cc3)C2C1=O. The lowest BCUT2D eigenvalue weighted by Crippen LogP contribution is -2.34. The van der Waals surface area contributed by atoms with Gasteiger partial charge in [0.25, 0.3) is 5.91 Å². The number of methoxy groups -OCH3 is 1. The second-order valence-electron chi connectivity index (χ2n) is 6.37. The average molecular weight is 364 g/mol. The number of carbonyl (C=O) groups excluding carboxylic acids is 3. The van der Waals surface area contributed by atoms with Crippen LogP contribution >= 0.6 is 0 Å². The molecular weight excluding hydrogens is 348 g/mol. The van der Waals surface area contributed by atoms with Crippen molar-refractivity contribution in [2.45, 2.75) is 13.0 Å². The third-order valence-electron chi connectivity index (χ3n) is 4.71. The summed E-state index contributed by atoms with van der Waals surface area (Å²) in [4.78, 5) is 44.3. The fourth-order valence-electron chi connectivity index (χ4n) is 3.33. The molecule has 1 fully saturated rings. The Morgan fingerprint density at radius 2 is 1.78 bits per heavy atom. The number of benzene rings is 2. The molecule has 0 bridgehead atoms. The van der Waals surface area contributed by atoms with E-state index in [0.29, 0.717) is 5.71 Å². The topological polar surface area (TPSA) is 85.3 Å². The second-order valence-corrected chi connectivity index (χ2v) is 6.37. The fraction of sp³-hybridized carbons (Fsp3) is 0.200. The number of para-hydroxylation sites is 1. The molecule has 2 atom stereocenters. The summed E-state index contributed by atoms with van der Waals surface area (Å²) in [6.07, 6.45) is -1.03. The van der Waals surface area contributed by atoms with Gasteiger partial charge in [0.15, 0.2) is 0 Å². The van der Waals surface area contributed by atoms with Gasteiger partial charge in [0.1, 0.15) is 11.6 Å². The lowest BCUT2D eigenvalue weighted by Gasteiger charge is -2.18. The highest BCUT2D eigenvalue weighted by molar-refractivity contribution is 6.33. The van der Waals surface area contributed by atoms with Gasteiger partial charge in [0.2, 0.25) is 12.0 Å². The molecule has 4 rings (SSSR count). The Kier molecular flexibility index (Phi) is 3.99. The molecule has 7 heteroatoms. The number of carbonyl (C=O) groups is 3.